The number of fused-ring (bicyclic) bond motifs is 1. The van der Waals surface area contributed by atoms with E-state index >= 15 is 0 Å². The van der Waals surface area contributed by atoms with Gasteiger partial charge in [0, 0.05) is 45.3 Å². The van der Waals surface area contributed by atoms with Crippen molar-refractivity contribution in [3.05, 3.63) is 35.4 Å². The Balaban J connectivity index is 1.39. The van der Waals surface area contributed by atoms with Gasteiger partial charge in [0.25, 0.3) is 0 Å². The number of β-amino-alcohol motifs (C(OH)–C–C–N with tert-alkyl or cyclic N) is 1. The molecule has 0 unspecified atom stereocenters. The highest BCUT2D eigenvalue weighted by Gasteiger charge is 2.40. The summed E-state index contributed by atoms with van der Waals surface area (Å²) in [4.78, 5) is 18.8. The second-order valence-electron chi connectivity index (χ2n) is 7.64. The molecule has 2 amide bonds. The number of carbonyl (C=O) groups excluding carboxylic acids is 1. The fourth-order valence-corrected chi connectivity index (χ4v) is 4.38. The molecule has 2 atom stereocenters. The van der Waals surface area contributed by atoms with Crippen molar-refractivity contribution in [1.29, 1.82) is 0 Å². The summed E-state index contributed by atoms with van der Waals surface area (Å²) >= 11 is 0. The number of hydrogen-bond donors (Lipinski definition) is 2. The second kappa shape index (κ2) is 6.94. The molecule has 0 radical (unpaired) electrons. The number of benzene rings is 1. The minimum absolute atomic E-state index is 0.0318. The molecule has 2 saturated heterocycles. The fourth-order valence-electron chi connectivity index (χ4n) is 4.38. The Hall–Kier alpha value is -1.63. The first-order valence-corrected chi connectivity index (χ1v) is 9.40. The Morgan fingerprint density at radius 1 is 1.04 bits per heavy atom. The number of piperidine rings is 1. The maximum atomic E-state index is 12.8. The molecule has 3 aliphatic heterocycles. The molecule has 0 aromatic heterocycles. The Kier molecular flexibility index (Phi) is 4.67. The van der Waals surface area contributed by atoms with Gasteiger partial charge in [-0.05, 0) is 30.4 Å². The summed E-state index contributed by atoms with van der Waals surface area (Å²) in [5, 5.41) is 10.6. The van der Waals surface area contributed by atoms with Crippen LogP contribution < -0.4 is 5.73 Å². The highest BCUT2D eigenvalue weighted by atomic mass is 16.3. The van der Waals surface area contributed by atoms with E-state index in [2.05, 4.69) is 29.2 Å². The van der Waals surface area contributed by atoms with Crippen molar-refractivity contribution in [2.75, 3.05) is 32.7 Å². The molecule has 6 nitrogen and oxygen atoms in total. The third-order valence-corrected chi connectivity index (χ3v) is 5.97. The van der Waals surface area contributed by atoms with E-state index < -0.39 is 6.10 Å². The van der Waals surface area contributed by atoms with Gasteiger partial charge >= 0.3 is 6.03 Å². The third kappa shape index (κ3) is 3.38. The topological polar surface area (TPSA) is 73.0 Å². The van der Waals surface area contributed by atoms with E-state index in [1.54, 1.807) is 0 Å². The van der Waals surface area contributed by atoms with E-state index in [-0.39, 0.29) is 18.1 Å². The summed E-state index contributed by atoms with van der Waals surface area (Å²) in [6.07, 6.45) is 2.28. The average Bonchev–Trinajstić information content (AvgIpc) is 3.03. The summed E-state index contributed by atoms with van der Waals surface area (Å²) in [7, 11) is 0. The number of rotatable bonds is 1. The molecule has 3 N–H and O–H groups in total. The number of urea groups is 1. The van der Waals surface area contributed by atoms with Gasteiger partial charge < -0.3 is 20.6 Å². The van der Waals surface area contributed by atoms with E-state index in [9.17, 15) is 9.90 Å². The van der Waals surface area contributed by atoms with Crippen LogP contribution in [0.15, 0.2) is 24.3 Å². The van der Waals surface area contributed by atoms with Gasteiger partial charge in [-0.1, -0.05) is 24.3 Å². The lowest BCUT2D eigenvalue weighted by Crippen LogP contribution is -2.49. The Labute approximate surface area is 149 Å². The van der Waals surface area contributed by atoms with Crippen molar-refractivity contribution in [3.8, 4) is 0 Å². The van der Waals surface area contributed by atoms with Crippen LogP contribution in [0.1, 0.15) is 24.0 Å². The lowest BCUT2D eigenvalue weighted by Gasteiger charge is -2.35. The van der Waals surface area contributed by atoms with Crippen molar-refractivity contribution in [3.63, 3.8) is 0 Å². The van der Waals surface area contributed by atoms with Gasteiger partial charge in [-0.25, -0.2) is 4.79 Å². The minimum Gasteiger partial charge on any atom is -0.390 e. The molecule has 0 spiro atoms. The first kappa shape index (κ1) is 16.8. The number of carbonyl (C=O) groups is 1. The van der Waals surface area contributed by atoms with Crippen LogP contribution in [0.25, 0.3) is 0 Å². The summed E-state index contributed by atoms with van der Waals surface area (Å²) < 4.78 is 0. The van der Waals surface area contributed by atoms with Crippen LogP contribution in [-0.2, 0) is 13.0 Å². The summed E-state index contributed by atoms with van der Waals surface area (Å²) in [6, 6.07) is 8.83. The van der Waals surface area contributed by atoms with Crippen LogP contribution in [0, 0.1) is 0 Å². The Morgan fingerprint density at radius 2 is 1.76 bits per heavy atom. The number of nitrogens with two attached hydrogens (primary N) is 1. The monoisotopic (exact) mass is 344 g/mol. The van der Waals surface area contributed by atoms with E-state index in [4.69, 9.17) is 5.73 Å². The van der Waals surface area contributed by atoms with Gasteiger partial charge in [-0.3, -0.25) is 4.90 Å². The first-order valence-electron chi connectivity index (χ1n) is 9.40. The molecule has 136 valence electrons. The zero-order valence-electron chi connectivity index (χ0n) is 14.7. The lowest BCUT2D eigenvalue weighted by molar-refractivity contribution is 0.0745. The van der Waals surface area contributed by atoms with Crippen LogP contribution in [0.3, 0.4) is 0 Å². The summed E-state index contributed by atoms with van der Waals surface area (Å²) in [5.74, 6) is 0. The van der Waals surface area contributed by atoms with Crippen LogP contribution in [0.4, 0.5) is 4.79 Å². The molecule has 3 aliphatic rings. The molecule has 0 saturated carbocycles. The van der Waals surface area contributed by atoms with Gasteiger partial charge in [-0.15, -0.1) is 0 Å². The number of amides is 2. The zero-order valence-corrected chi connectivity index (χ0v) is 14.7. The van der Waals surface area contributed by atoms with Crippen LogP contribution in [0.2, 0.25) is 0 Å². The molecule has 0 aliphatic carbocycles. The van der Waals surface area contributed by atoms with Crippen molar-refractivity contribution < 1.29 is 9.90 Å². The van der Waals surface area contributed by atoms with E-state index in [1.165, 1.54) is 11.1 Å². The van der Waals surface area contributed by atoms with E-state index in [0.29, 0.717) is 13.1 Å². The molecule has 1 aromatic rings. The summed E-state index contributed by atoms with van der Waals surface area (Å²) in [5.41, 5.74) is 8.68. The summed E-state index contributed by atoms with van der Waals surface area (Å²) in [6.45, 7) is 4.31. The van der Waals surface area contributed by atoms with E-state index in [1.807, 2.05) is 9.80 Å². The predicted molar refractivity (Wildman–Crippen MR) is 96.1 cm³/mol. The predicted octanol–water partition coefficient (Wildman–Crippen LogP) is 0.633. The number of likely N-dealkylation sites (tertiary alicyclic amines) is 2. The maximum absolute atomic E-state index is 12.8. The lowest BCUT2D eigenvalue weighted by atomic mass is 9.98. The maximum Gasteiger partial charge on any atom is 0.320 e. The smallest absolute Gasteiger partial charge is 0.320 e. The van der Waals surface area contributed by atoms with Crippen molar-refractivity contribution in [1.82, 2.24) is 14.7 Å². The quantitative estimate of drug-likeness (QED) is 0.784. The minimum atomic E-state index is -0.471. The number of aliphatic hydroxyl groups excluding tert-OH is 1. The van der Waals surface area contributed by atoms with Crippen molar-refractivity contribution in [2.24, 2.45) is 5.73 Å². The Morgan fingerprint density at radius 3 is 2.52 bits per heavy atom. The average molecular weight is 344 g/mol. The molecule has 25 heavy (non-hydrogen) atoms. The van der Waals surface area contributed by atoms with Crippen molar-refractivity contribution >= 4 is 6.03 Å². The largest absolute Gasteiger partial charge is 0.390 e. The molecule has 6 heteroatoms. The molecular formula is C19H28N4O2. The van der Waals surface area contributed by atoms with Gasteiger partial charge in [-0.2, -0.15) is 0 Å². The molecule has 3 heterocycles. The number of hydrogen-bond acceptors (Lipinski definition) is 4. The molecule has 4 rings (SSSR count). The number of nitrogens with zero attached hydrogens (tertiary/aromatic N) is 3. The van der Waals surface area contributed by atoms with Gasteiger partial charge in [0.05, 0.1) is 12.1 Å². The second-order valence-corrected chi connectivity index (χ2v) is 7.64. The van der Waals surface area contributed by atoms with Crippen LogP contribution in [-0.4, -0.2) is 76.7 Å². The van der Waals surface area contributed by atoms with E-state index in [0.717, 1.165) is 45.4 Å². The fraction of sp³-hybridized carbons (Fsp3) is 0.632. The van der Waals surface area contributed by atoms with Crippen molar-refractivity contribution in [2.45, 2.75) is 44.0 Å². The first-order chi connectivity index (χ1) is 12.1. The normalized spacial score (nSPS) is 28.2. The molecular weight excluding hydrogens is 316 g/mol. The third-order valence-electron chi connectivity index (χ3n) is 5.97. The van der Waals surface area contributed by atoms with Crippen LogP contribution in [0.5, 0.6) is 0 Å². The molecule has 0 bridgehead atoms. The van der Waals surface area contributed by atoms with Crippen LogP contribution >= 0.6 is 0 Å². The SMILES string of the molecule is NC1CCN(C(=O)N2C[C@@H](O)[C@H](N3CCc4ccccc4C3)C2)CC1. The Bertz CT molecular complexity index is 630. The standard InChI is InChI=1S/C19H28N4O2/c20-16-6-9-21(10-7-16)19(25)23-12-17(18(24)13-23)22-8-5-14-3-1-2-4-15(14)11-22/h1-4,16-18,24H,5-13,20H2/t17-,18-/m1/s1. The van der Waals surface area contributed by atoms with Gasteiger partial charge in [0.2, 0.25) is 0 Å². The molecule has 2 fully saturated rings. The highest BCUT2D eigenvalue weighted by molar-refractivity contribution is 5.75. The molecule has 1 aromatic carbocycles. The van der Waals surface area contributed by atoms with Gasteiger partial charge in [0.1, 0.15) is 0 Å². The number of aliphatic hydroxyl groups is 1. The zero-order chi connectivity index (χ0) is 17.4. The van der Waals surface area contributed by atoms with Gasteiger partial charge in [0.15, 0.2) is 0 Å². The highest BCUT2D eigenvalue weighted by Crippen LogP contribution is 2.25.